The van der Waals surface area contributed by atoms with Gasteiger partial charge in [0.2, 0.25) is 0 Å². The number of imidazole rings is 1. The van der Waals surface area contributed by atoms with Crippen molar-refractivity contribution < 1.29 is 9.53 Å². The summed E-state index contributed by atoms with van der Waals surface area (Å²) in [7, 11) is 0. The molecule has 5 heteroatoms. The van der Waals surface area contributed by atoms with Gasteiger partial charge in [-0.2, -0.15) is 0 Å². The third-order valence-corrected chi connectivity index (χ3v) is 5.67. The van der Waals surface area contributed by atoms with Crippen LogP contribution in [0.25, 0.3) is 11.0 Å². The first-order chi connectivity index (χ1) is 15.2. The maximum Gasteiger partial charge on any atom is 0.252 e. The number of nitrogens with zero attached hydrogens (tertiary/aromatic N) is 1. The highest BCUT2D eigenvalue weighted by molar-refractivity contribution is 5.99. The van der Waals surface area contributed by atoms with Crippen LogP contribution in [0.15, 0.2) is 42.5 Å². The van der Waals surface area contributed by atoms with Crippen molar-refractivity contribution in [1.82, 2.24) is 9.97 Å². The van der Waals surface area contributed by atoms with Gasteiger partial charge in [0.15, 0.2) is 0 Å². The summed E-state index contributed by atoms with van der Waals surface area (Å²) in [6.07, 6.45) is 12.3. The minimum Gasteiger partial charge on any atom is -0.493 e. The highest BCUT2D eigenvalue weighted by atomic mass is 16.5. The highest BCUT2D eigenvalue weighted by Crippen LogP contribution is 2.25. The van der Waals surface area contributed by atoms with Crippen LogP contribution in [0.3, 0.4) is 0 Å². The summed E-state index contributed by atoms with van der Waals surface area (Å²) in [5, 5.41) is 0. The molecule has 0 unspecified atom stereocenters. The summed E-state index contributed by atoms with van der Waals surface area (Å²) >= 11 is 0. The van der Waals surface area contributed by atoms with E-state index in [0.29, 0.717) is 17.9 Å². The number of hydrogen-bond acceptors (Lipinski definition) is 3. The number of hydrogen-bond donors (Lipinski definition) is 2. The number of H-pyrrole nitrogens is 1. The standard InChI is InChI=1S/C26H35N3O2/c1-2-31-24-19-23-22(18-21(24)26(27)30)28-25(29-23)17-13-8-6-4-3-5-7-10-14-20-15-11-9-12-16-20/h9,11-12,15-16,18-19H,2-8,10,13-14,17H2,1H3,(H2,27,30)(H,28,29). The van der Waals surface area contributed by atoms with Gasteiger partial charge in [0, 0.05) is 12.5 Å². The first-order valence-corrected chi connectivity index (χ1v) is 11.7. The second-order valence-corrected chi connectivity index (χ2v) is 8.16. The van der Waals surface area contributed by atoms with Gasteiger partial charge >= 0.3 is 0 Å². The molecule has 0 aliphatic rings. The lowest BCUT2D eigenvalue weighted by molar-refractivity contribution is 0.0997. The number of aryl methyl sites for hydroxylation is 2. The number of primary amides is 1. The highest BCUT2D eigenvalue weighted by Gasteiger charge is 2.13. The molecule has 0 atom stereocenters. The number of aromatic nitrogens is 2. The van der Waals surface area contributed by atoms with Crippen LogP contribution in [0.5, 0.6) is 5.75 Å². The number of nitrogens with two attached hydrogens (primary N) is 1. The molecule has 0 spiro atoms. The largest absolute Gasteiger partial charge is 0.493 e. The minimum atomic E-state index is -0.485. The smallest absolute Gasteiger partial charge is 0.252 e. The number of nitrogens with one attached hydrogen (secondary N) is 1. The van der Waals surface area contributed by atoms with E-state index in [-0.39, 0.29) is 0 Å². The number of rotatable bonds is 14. The molecular formula is C26H35N3O2. The number of amides is 1. The molecule has 0 bridgehead atoms. The molecule has 3 rings (SSSR count). The van der Waals surface area contributed by atoms with E-state index in [1.165, 1.54) is 56.9 Å². The predicted molar refractivity (Wildman–Crippen MR) is 127 cm³/mol. The lowest BCUT2D eigenvalue weighted by Gasteiger charge is -2.07. The third-order valence-electron chi connectivity index (χ3n) is 5.67. The Bertz CT molecular complexity index is 950. The van der Waals surface area contributed by atoms with Crippen molar-refractivity contribution in [2.24, 2.45) is 5.73 Å². The molecule has 1 amide bonds. The van der Waals surface area contributed by atoms with Crippen LogP contribution >= 0.6 is 0 Å². The minimum absolute atomic E-state index is 0.397. The quantitative estimate of drug-likeness (QED) is 0.315. The number of aromatic amines is 1. The van der Waals surface area contributed by atoms with Crippen LogP contribution in [-0.4, -0.2) is 22.5 Å². The van der Waals surface area contributed by atoms with Gasteiger partial charge < -0.3 is 15.5 Å². The number of benzene rings is 2. The van der Waals surface area contributed by atoms with E-state index in [1.54, 1.807) is 12.1 Å². The Morgan fingerprint density at radius 1 is 0.935 bits per heavy atom. The van der Waals surface area contributed by atoms with Crippen molar-refractivity contribution in [3.05, 3.63) is 59.4 Å². The molecule has 3 aromatic rings. The molecule has 2 aromatic carbocycles. The number of carbonyl (C=O) groups is 1. The summed E-state index contributed by atoms with van der Waals surface area (Å²) in [5.74, 6) is 0.978. The van der Waals surface area contributed by atoms with Gasteiger partial charge in [-0.25, -0.2) is 4.98 Å². The van der Waals surface area contributed by atoms with Crippen molar-refractivity contribution in [2.75, 3.05) is 6.61 Å². The van der Waals surface area contributed by atoms with Crippen molar-refractivity contribution >= 4 is 16.9 Å². The zero-order chi connectivity index (χ0) is 21.9. The molecule has 1 heterocycles. The molecule has 166 valence electrons. The third kappa shape index (κ3) is 7.12. The summed E-state index contributed by atoms with van der Waals surface area (Å²) < 4.78 is 5.54. The van der Waals surface area contributed by atoms with Gasteiger partial charge in [-0.05, 0) is 37.8 Å². The van der Waals surface area contributed by atoms with Gasteiger partial charge in [-0.1, -0.05) is 68.9 Å². The van der Waals surface area contributed by atoms with Crippen LogP contribution in [0.4, 0.5) is 0 Å². The molecule has 0 radical (unpaired) electrons. The number of unbranched alkanes of at least 4 members (excludes halogenated alkanes) is 7. The lowest BCUT2D eigenvalue weighted by atomic mass is 10.0. The first kappa shape index (κ1) is 22.9. The molecule has 0 aliphatic carbocycles. The maximum absolute atomic E-state index is 11.7. The average Bonchev–Trinajstić information content (AvgIpc) is 3.17. The number of fused-ring (bicyclic) bond motifs is 1. The topological polar surface area (TPSA) is 81.0 Å². The maximum atomic E-state index is 11.7. The Morgan fingerprint density at radius 3 is 2.23 bits per heavy atom. The second-order valence-electron chi connectivity index (χ2n) is 8.16. The fourth-order valence-corrected chi connectivity index (χ4v) is 4.00. The number of carbonyl (C=O) groups excluding carboxylic acids is 1. The fourth-order valence-electron chi connectivity index (χ4n) is 4.00. The van der Waals surface area contributed by atoms with Crippen molar-refractivity contribution in [3.8, 4) is 5.75 Å². The van der Waals surface area contributed by atoms with Crippen LogP contribution in [-0.2, 0) is 12.8 Å². The van der Waals surface area contributed by atoms with Gasteiger partial charge in [0.1, 0.15) is 11.6 Å². The zero-order valence-electron chi connectivity index (χ0n) is 18.7. The van der Waals surface area contributed by atoms with Crippen molar-refractivity contribution in [1.29, 1.82) is 0 Å². The van der Waals surface area contributed by atoms with Gasteiger partial charge in [0.25, 0.3) is 5.91 Å². The lowest BCUT2D eigenvalue weighted by Crippen LogP contribution is -2.13. The van der Waals surface area contributed by atoms with E-state index in [9.17, 15) is 4.79 Å². The SMILES string of the molecule is CCOc1cc2nc(CCCCCCCCCCc3ccccc3)[nH]c2cc1C(N)=O. The average molecular weight is 422 g/mol. The Hall–Kier alpha value is -2.82. The van der Waals surface area contributed by atoms with E-state index in [4.69, 9.17) is 10.5 Å². The van der Waals surface area contributed by atoms with Gasteiger partial charge in [-0.15, -0.1) is 0 Å². The molecule has 0 fully saturated rings. The van der Waals surface area contributed by atoms with Crippen molar-refractivity contribution in [2.45, 2.75) is 71.1 Å². The molecule has 0 aliphatic heterocycles. The fraction of sp³-hybridized carbons (Fsp3) is 0.462. The Labute approximate surface area is 185 Å². The zero-order valence-corrected chi connectivity index (χ0v) is 18.7. The summed E-state index contributed by atoms with van der Waals surface area (Å²) in [6, 6.07) is 14.3. The first-order valence-electron chi connectivity index (χ1n) is 11.7. The summed E-state index contributed by atoms with van der Waals surface area (Å²) in [6.45, 7) is 2.37. The molecular weight excluding hydrogens is 386 g/mol. The van der Waals surface area contributed by atoms with Gasteiger partial charge in [-0.3, -0.25) is 4.79 Å². The Kier molecular flexibility index (Phi) is 8.95. The molecule has 31 heavy (non-hydrogen) atoms. The molecule has 0 saturated heterocycles. The summed E-state index contributed by atoms with van der Waals surface area (Å²) in [4.78, 5) is 19.7. The van der Waals surface area contributed by atoms with E-state index in [2.05, 4.69) is 40.3 Å². The van der Waals surface area contributed by atoms with Crippen LogP contribution in [0.1, 0.15) is 80.0 Å². The van der Waals surface area contributed by atoms with E-state index < -0.39 is 5.91 Å². The molecule has 1 aromatic heterocycles. The monoisotopic (exact) mass is 421 g/mol. The van der Waals surface area contributed by atoms with Crippen molar-refractivity contribution in [3.63, 3.8) is 0 Å². The number of ether oxygens (including phenoxy) is 1. The van der Waals surface area contributed by atoms with E-state index in [1.807, 2.05) is 6.92 Å². The van der Waals surface area contributed by atoms with Crippen LogP contribution in [0, 0.1) is 0 Å². The molecule has 0 saturated carbocycles. The second kappa shape index (κ2) is 12.1. The van der Waals surface area contributed by atoms with E-state index >= 15 is 0 Å². The van der Waals surface area contributed by atoms with Gasteiger partial charge in [0.05, 0.1) is 23.2 Å². The Morgan fingerprint density at radius 2 is 1.58 bits per heavy atom. The summed E-state index contributed by atoms with van der Waals surface area (Å²) in [5.41, 5.74) is 8.98. The van der Waals surface area contributed by atoms with E-state index in [0.717, 1.165) is 29.7 Å². The molecule has 5 nitrogen and oxygen atoms in total. The van der Waals surface area contributed by atoms with Crippen LogP contribution in [0.2, 0.25) is 0 Å². The molecule has 3 N–H and O–H groups in total. The Balaban J connectivity index is 1.32. The van der Waals surface area contributed by atoms with Crippen LogP contribution < -0.4 is 10.5 Å². The predicted octanol–water partition coefficient (Wildman–Crippen LogP) is 5.97. The normalized spacial score (nSPS) is 11.1.